The highest BCUT2D eigenvalue weighted by Crippen LogP contribution is 2.15. The van der Waals surface area contributed by atoms with E-state index in [-0.39, 0.29) is 5.91 Å². The number of anilines is 1. The molecule has 2 aliphatic heterocycles. The minimum absolute atomic E-state index is 0.0506. The van der Waals surface area contributed by atoms with E-state index in [1.807, 2.05) is 12.1 Å². The Labute approximate surface area is 143 Å². The molecule has 0 radical (unpaired) electrons. The van der Waals surface area contributed by atoms with Gasteiger partial charge in [-0.05, 0) is 31.2 Å². The van der Waals surface area contributed by atoms with Crippen LogP contribution in [0.2, 0.25) is 5.02 Å². The van der Waals surface area contributed by atoms with Crippen LogP contribution in [0, 0.1) is 0 Å². The Bertz CT molecular complexity index is 525. The van der Waals surface area contributed by atoms with Gasteiger partial charge in [-0.15, -0.1) is 0 Å². The molecule has 0 aliphatic carbocycles. The Hall–Kier alpha value is -1.14. The van der Waals surface area contributed by atoms with Gasteiger partial charge in [0.15, 0.2) is 0 Å². The van der Waals surface area contributed by atoms with Gasteiger partial charge in [0.25, 0.3) is 0 Å². The van der Waals surface area contributed by atoms with Crippen molar-refractivity contribution in [2.45, 2.75) is 18.9 Å². The number of carbonyl (C=O) groups is 1. The van der Waals surface area contributed by atoms with Gasteiger partial charge in [-0.1, -0.05) is 17.7 Å². The number of halogens is 1. The Morgan fingerprint density at radius 3 is 2.83 bits per heavy atom. The van der Waals surface area contributed by atoms with Crippen LogP contribution >= 0.6 is 11.6 Å². The van der Waals surface area contributed by atoms with Crippen molar-refractivity contribution in [3.8, 4) is 0 Å². The number of rotatable bonds is 5. The van der Waals surface area contributed by atoms with Gasteiger partial charge in [-0.3, -0.25) is 9.69 Å². The van der Waals surface area contributed by atoms with Crippen LogP contribution in [-0.2, 0) is 4.79 Å². The van der Waals surface area contributed by atoms with Gasteiger partial charge in [-0.25, -0.2) is 0 Å². The van der Waals surface area contributed by atoms with Crippen LogP contribution in [0.25, 0.3) is 0 Å². The average Bonchev–Trinajstić information content (AvgIpc) is 3.08. The molecule has 1 atom stereocenters. The van der Waals surface area contributed by atoms with Crippen molar-refractivity contribution in [3.63, 3.8) is 0 Å². The number of hydrogen-bond donors (Lipinski definition) is 2. The van der Waals surface area contributed by atoms with E-state index in [0.717, 1.165) is 51.5 Å². The van der Waals surface area contributed by atoms with E-state index in [1.54, 1.807) is 12.1 Å². The normalized spacial score (nSPS) is 23.1. The lowest BCUT2D eigenvalue weighted by atomic mass is 10.2. The van der Waals surface area contributed by atoms with E-state index in [1.165, 1.54) is 6.42 Å². The highest BCUT2D eigenvalue weighted by atomic mass is 35.5. The second kappa shape index (κ2) is 8.11. The Balaban J connectivity index is 1.36. The molecule has 1 aromatic rings. The van der Waals surface area contributed by atoms with Crippen LogP contribution in [0.15, 0.2) is 24.3 Å². The van der Waals surface area contributed by atoms with Crippen molar-refractivity contribution in [1.82, 2.24) is 15.1 Å². The van der Waals surface area contributed by atoms with Gasteiger partial charge in [0.2, 0.25) is 5.91 Å². The third-order valence-corrected chi connectivity index (χ3v) is 4.96. The molecule has 1 aromatic carbocycles. The maximum Gasteiger partial charge on any atom is 0.225 e. The fourth-order valence-electron chi connectivity index (χ4n) is 3.35. The molecule has 1 unspecified atom stereocenters. The molecular weight excluding hydrogens is 312 g/mol. The fraction of sp³-hybridized carbons (Fsp3) is 0.588. The zero-order chi connectivity index (χ0) is 16.1. The van der Waals surface area contributed by atoms with Crippen molar-refractivity contribution < 1.29 is 4.79 Å². The van der Waals surface area contributed by atoms with Crippen molar-refractivity contribution >= 4 is 23.2 Å². The van der Waals surface area contributed by atoms with E-state index in [2.05, 4.69) is 20.4 Å². The van der Waals surface area contributed by atoms with Gasteiger partial charge in [-0.2, -0.15) is 0 Å². The van der Waals surface area contributed by atoms with E-state index in [9.17, 15) is 4.79 Å². The van der Waals surface area contributed by atoms with Crippen molar-refractivity contribution in [1.29, 1.82) is 0 Å². The third kappa shape index (κ3) is 4.91. The van der Waals surface area contributed by atoms with Crippen LogP contribution in [0.5, 0.6) is 0 Å². The van der Waals surface area contributed by atoms with Crippen LogP contribution in [0.3, 0.4) is 0 Å². The van der Waals surface area contributed by atoms with Gasteiger partial charge in [0.1, 0.15) is 0 Å². The first-order valence-electron chi connectivity index (χ1n) is 8.43. The zero-order valence-corrected chi connectivity index (χ0v) is 14.2. The van der Waals surface area contributed by atoms with E-state index in [4.69, 9.17) is 11.6 Å². The number of nitrogens with one attached hydrogen (secondary N) is 2. The first-order chi connectivity index (χ1) is 11.2. The minimum atomic E-state index is 0.0506. The summed E-state index contributed by atoms with van der Waals surface area (Å²) in [5, 5.41) is 6.98. The molecule has 2 fully saturated rings. The van der Waals surface area contributed by atoms with Gasteiger partial charge < -0.3 is 15.5 Å². The number of hydrogen-bond acceptors (Lipinski definition) is 4. The summed E-state index contributed by atoms with van der Waals surface area (Å²) in [7, 11) is 0. The van der Waals surface area contributed by atoms with Gasteiger partial charge in [0.05, 0.1) is 0 Å². The Morgan fingerprint density at radius 2 is 2.13 bits per heavy atom. The van der Waals surface area contributed by atoms with Crippen LogP contribution < -0.4 is 10.6 Å². The number of benzene rings is 1. The van der Waals surface area contributed by atoms with Crippen molar-refractivity contribution in [2.75, 3.05) is 51.1 Å². The lowest BCUT2D eigenvalue weighted by molar-refractivity contribution is -0.116. The van der Waals surface area contributed by atoms with Crippen molar-refractivity contribution in [2.24, 2.45) is 0 Å². The third-order valence-electron chi connectivity index (χ3n) is 4.72. The van der Waals surface area contributed by atoms with Crippen molar-refractivity contribution in [3.05, 3.63) is 29.3 Å². The summed E-state index contributed by atoms with van der Waals surface area (Å²) in [6.07, 6.45) is 1.79. The summed E-state index contributed by atoms with van der Waals surface area (Å²) in [6.45, 7) is 7.44. The smallest absolute Gasteiger partial charge is 0.225 e. The summed E-state index contributed by atoms with van der Waals surface area (Å²) in [4.78, 5) is 17.0. The van der Waals surface area contributed by atoms with Gasteiger partial charge >= 0.3 is 0 Å². The largest absolute Gasteiger partial charge is 0.326 e. The monoisotopic (exact) mass is 336 g/mol. The molecule has 6 heteroatoms. The number of amides is 1. The molecule has 0 bridgehead atoms. The minimum Gasteiger partial charge on any atom is -0.326 e. The number of carbonyl (C=O) groups excluding carboxylic acids is 1. The average molecular weight is 337 g/mol. The second-order valence-corrected chi connectivity index (χ2v) is 6.77. The van der Waals surface area contributed by atoms with Gasteiger partial charge in [0, 0.05) is 62.4 Å². The molecule has 23 heavy (non-hydrogen) atoms. The molecule has 5 nitrogen and oxygen atoms in total. The fourth-order valence-corrected chi connectivity index (χ4v) is 3.54. The Kier molecular flexibility index (Phi) is 5.89. The lowest BCUT2D eigenvalue weighted by Gasteiger charge is -2.37. The molecule has 2 N–H and O–H groups in total. The molecule has 1 amide bonds. The summed E-state index contributed by atoms with van der Waals surface area (Å²) in [5.74, 6) is 0.0506. The maximum absolute atomic E-state index is 12.0. The van der Waals surface area contributed by atoms with Crippen LogP contribution in [0.1, 0.15) is 12.8 Å². The lowest BCUT2D eigenvalue weighted by Crippen LogP contribution is -2.51. The van der Waals surface area contributed by atoms with E-state index >= 15 is 0 Å². The highest BCUT2D eigenvalue weighted by molar-refractivity contribution is 6.30. The first kappa shape index (κ1) is 16.7. The molecule has 126 valence electrons. The summed E-state index contributed by atoms with van der Waals surface area (Å²) >= 11 is 5.93. The molecule has 0 spiro atoms. The second-order valence-electron chi connectivity index (χ2n) is 6.33. The highest BCUT2D eigenvalue weighted by Gasteiger charge is 2.25. The Morgan fingerprint density at radius 1 is 1.30 bits per heavy atom. The standard InChI is InChI=1S/C17H25ClN4O/c18-14-2-1-3-15(12-14)20-17(23)5-7-21-8-10-22(11-9-21)16-4-6-19-13-16/h1-3,12,16,19H,4-11,13H2,(H,20,23). The van der Waals surface area contributed by atoms with E-state index in [0.29, 0.717) is 17.5 Å². The molecule has 2 saturated heterocycles. The SMILES string of the molecule is O=C(CCN1CCN(C2CCNC2)CC1)Nc1cccc(Cl)c1. The summed E-state index contributed by atoms with van der Waals surface area (Å²) < 4.78 is 0. The molecular formula is C17H25ClN4O. The molecule has 3 rings (SSSR count). The van der Waals surface area contributed by atoms with Crippen LogP contribution in [-0.4, -0.2) is 67.6 Å². The molecule has 2 heterocycles. The maximum atomic E-state index is 12.0. The van der Waals surface area contributed by atoms with E-state index < -0.39 is 0 Å². The number of piperazine rings is 1. The first-order valence-corrected chi connectivity index (χ1v) is 8.81. The topological polar surface area (TPSA) is 47.6 Å². The quantitative estimate of drug-likeness (QED) is 0.858. The summed E-state index contributed by atoms with van der Waals surface area (Å²) in [6, 6.07) is 7.99. The zero-order valence-electron chi connectivity index (χ0n) is 13.4. The summed E-state index contributed by atoms with van der Waals surface area (Å²) in [5.41, 5.74) is 0.765. The molecule has 2 aliphatic rings. The molecule has 0 aromatic heterocycles. The predicted molar refractivity (Wildman–Crippen MR) is 94.0 cm³/mol. The number of nitrogens with zero attached hydrogens (tertiary/aromatic N) is 2. The molecule has 0 saturated carbocycles. The predicted octanol–water partition coefficient (Wildman–Crippen LogP) is 1.65. The van der Waals surface area contributed by atoms with Crippen LogP contribution in [0.4, 0.5) is 5.69 Å².